The van der Waals surface area contributed by atoms with Crippen molar-refractivity contribution in [3.8, 4) is 17.0 Å². The van der Waals surface area contributed by atoms with Crippen LogP contribution in [0.3, 0.4) is 0 Å². The van der Waals surface area contributed by atoms with Crippen LogP contribution in [0.4, 0.5) is 0 Å². The SMILES string of the molecule is CSc1cccc(C2CC(O)(c3ccc(OCc4c(-c5c(C)cccc5Cl)noc4C4CC4)cc3Cl)C2)c1. The first-order chi connectivity index (χ1) is 18.4. The molecule has 0 saturated heterocycles. The van der Waals surface area contributed by atoms with Gasteiger partial charge in [0.25, 0.3) is 0 Å². The number of thioether (sulfide) groups is 1. The third kappa shape index (κ3) is 4.86. The summed E-state index contributed by atoms with van der Waals surface area (Å²) in [5.41, 5.74) is 4.66. The molecule has 0 amide bonds. The Morgan fingerprint density at radius 2 is 1.82 bits per heavy atom. The van der Waals surface area contributed by atoms with Gasteiger partial charge in [0, 0.05) is 21.9 Å². The molecule has 0 atom stereocenters. The maximum atomic E-state index is 11.3. The number of aliphatic hydroxyl groups is 1. The van der Waals surface area contributed by atoms with E-state index >= 15 is 0 Å². The van der Waals surface area contributed by atoms with Gasteiger partial charge in [-0.3, -0.25) is 0 Å². The number of rotatable bonds is 8. The van der Waals surface area contributed by atoms with Crippen LogP contribution in [0.5, 0.6) is 5.75 Å². The predicted octanol–water partition coefficient (Wildman–Crippen LogP) is 8.90. The number of halogens is 2. The third-order valence-corrected chi connectivity index (χ3v) is 9.14. The zero-order valence-corrected chi connectivity index (χ0v) is 23.7. The topological polar surface area (TPSA) is 55.5 Å². The normalized spacial score (nSPS) is 20.8. The van der Waals surface area contributed by atoms with Gasteiger partial charge in [0.1, 0.15) is 23.8 Å². The molecule has 196 valence electrons. The van der Waals surface area contributed by atoms with Gasteiger partial charge >= 0.3 is 0 Å². The lowest BCUT2D eigenvalue weighted by Crippen LogP contribution is -2.40. The second-order valence-electron chi connectivity index (χ2n) is 10.4. The zero-order chi connectivity index (χ0) is 26.4. The first-order valence-corrected chi connectivity index (χ1v) is 14.9. The fourth-order valence-corrected chi connectivity index (χ4v) is 6.61. The van der Waals surface area contributed by atoms with Gasteiger partial charge in [-0.25, -0.2) is 0 Å². The largest absolute Gasteiger partial charge is 0.489 e. The molecular formula is C31H29Cl2NO3S. The maximum absolute atomic E-state index is 11.3. The number of ether oxygens (including phenoxy) is 1. The molecule has 6 rings (SSSR count). The summed E-state index contributed by atoms with van der Waals surface area (Å²) in [4.78, 5) is 1.24. The molecule has 1 heterocycles. The van der Waals surface area contributed by atoms with Crippen molar-refractivity contribution in [2.24, 2.45) is 0 Å². The van der Waals surface area contributed by atoms with E-state index in [1.807, 2.05) is 37.3 Å². The molecular weight excluding hydrogens is 537 g/mol. The summed E-state index contributed by atoms with van der Waals surface area (Å²) in [6.45, 7) is 2.31. The van der Waals surface area contributed by atoms with Gasteiger partial charge in [-0.2, -0.15) is 0 Å². The summed E-state index contributed by atoms with van der Waals surface area (Å²) >= 11 is 15.0. The summed E-state index contributed by atoms with van der Waals surface area (Å²) in [6, 6.07) is 19.9. The summed E-state index contributed by atoms with van der Waals surface area (Å²) in [5.74, 6) is 2.21. The number of aryl methyl sites for hydroxylation is 1. The van der Waals surface area contributed by atoms with E-state index in [0.717, 1.165) is 46.5 Å². The highest BCUT2D eigenvalue weighted by Crippen LogP contribution is 2.53. The second kappa shape index (κ2) is 10.3. The minimum atomic E-state index is -0.933. The maximum Gasteiger partial charge on any atom is 0.147 e. The molecule has 7 heteroatoms. The van der Waals surface area contributed by atoms with Crippen LogP contribution in [0.25, 0.3) is 11.3 Å². The fraction of sp³-hybridized carbons (Fsp3) is 0.323. The van der Waals surface area contributed by atoms with E-state index in [2.05, 4.69) is 35.7 Å². The van der Waals surface area contributed by atoms with Crippen molar-refractivity contribution in [1.29, 1.82) is 0 Å². The molecule has 0 aliphatic heterocycles. The van der Waals surface area contributed by atoms with Crippen LogP contribution in [-0.4, -0.2) is 16.5 Å². The highest BCUT2D eigenvalue weighted by molar-refractivity contribution is 7.98. The van der Waals surface area contributed by atoms with E-state index in [4.69, 9.17) is 32.5 Å². The average molecular weight is 567 g/mol. The van der Waals surface area contributed by atoms with Crippen LogP contribution in [-0.2, 0) is 12.2 Å². The van der Waals surface area contributed by atoms with Crippen LogP contribution in [0.1, 0.15) is 65.5 Å². The van der Waals surface area contributed by atoms with Crippen LogP contribution < -0.4 is 4.74 Å². The Morgan fingerprint density at radius 3 is 2.53 bits per heavy atom. The highest BCUT2D eigenvalue weighted by atomic mass is 35.5. The lowest BCUT2D eigenvalue weighted by atomic mass is 9.65. The van der Waals surface area contributed by atoms with Gasteiger partial charge in [0.15, 0.2) is 0 Å². The fourth-order valence-electron chi connectivity index (χ4n) is 5.48. The van der Waals surface area contributed by atoms with Crippen LogP contribution in [0.2, 0.25) is 10.0 Å². The molecule has 2 saturated carbocycles. The van der Waals surface area contributed by atoms with Gasteiger partial charge in [-0.15, -0.1) is 11.8 Å². The van der Waals surface area contributed by atoms with E-state index in [9.17, 15) is 5.11 Å². The lowest BCUT2D eigenvalue weighted by Gasteiger charge is -2.45. The Kier molecular flexibility index (Phi) is 6.98. The molecule has 3 aromatic carbocycles. The number of nitrogens with zero attached hydrogens (tertiary/aromatic N) is 1. The first-order valence-electron chi connectivity index (χ1n) is 12.9. The predicted molar refractivity (Wildman–Crippen MR) is 154 cm³/mol. The Hall–Kier alpha value is -2.44. The van der Waals surface area contributed by atoms with Crippen molar-refractivity contribution in [2.75, 3.05) is 6.26 Å². The standard InChI is InChI=1S/C31H29Cl2NO3S/c1-18-5-3-8-26(32)28(18)29-24(30(37-34-29)19-9-10-19)17-36-22-11-12-25(27(33)14-22)31(35)15-21(16-31)20-6-4-7-23(13-20)38-2/h3-8,11-14,19,21,35H,9-10,15-17H2,1-2H3. The quantitative estimate of drug-likeness (QED) is 0.216. The molecule has 4 nitrogen and oxygen atoms in total. The van der Waals surface area contributed by atoms with Gasteiger partial charge in [0.05, 0.1) is 21.2 Å². The van der Waals surface area contributed by atoms with Crippen LogP contribution in [0, 0.1) is 6.92 Å². The summed E-state index contributed by atoms with van der Waals surface area (Å²) in [6.07, 6.45) is 5.55. The third-order valence-electron chi connectivity index (χ3n) is 7.78. The second-order valence-corrected chi connectivity index (χ2v) is 12.1. The minimum Gasteiger partial charge on any atom is -0.489 e. The Labute approximate surface area is 237 Å². The highest BCUT2D eigenvalue weighted by Gasteiger charge is 2.45. The molecule has 0 radical (unpaired) electrons. The average Bonchev–Trinajstić information content (AvgIpc) is 3.65. The molecule has 1 N–H and O–H groups in total. The smallest absolute Gasteiger partial charge is 0.147 e. The van der Waals surface area contributed by atoms with Crippen molar-refractivity contribution < 1.29 is 14.4 Å². The summed E-state index contributed by atoms with van der Waals surface area (Å²) < 4.78 is 12.0. The molecule has 1 aromatic heterocycles. The minimum absolute atomic E-state index is 0.295. The summed E-state index contributed by atoms with van der Waals surface area (Å²) in [7, 11) is 0. The molecule has 0 spiro atoms. The molecule has 0 bridgehead atoms. The van der Waals surface area contributed by atoms with Gasteiger partial charge in [0.2, 0.25) is 0 Å². The lowest BCUT2D eigenvalue weighted by molar-refractivity contribution is -0.0549. The molecule has 4 aromatic rings. The molecule has 2 aliphatic rings. The van der Waals surface area contributed by atoms with Crippen molar-refractivity contribution >= 4 is 35.0 Å². The van der Waals surface area contributed by atoms with E-state index in [0.29, 0.717) is 47.1 Å². The van der Waals surface area contributed by atoms with E-state index in [1.165, 1.54) is 10.5 Å². The van der Waals surface area contributed by atoms with E-state index < -0.39 is 5.60 Å². The Bertz CT molecular complexity index is 1470. The Balaban J connectivity index is 1.19. The molecule has 2 aliphatic carbocycles. The van der Waals surface area contributed by atoms with Crippen molar-refractivity contribution in [2.45, 2.75) is 61.5 Å². The number of hydrogen-bond donors (Lipinski definition) is 1. The van der Waals surface area contributed by atoms with Crippen molar-refractivity contribution in [1.82, 2.24) is 5.16 Å². The first kappa shape index (κ1) is 25.8. The number of hydrogen-bond acceptors (Lipinski definition) is 5. The van der Waals surface area contributed by atoms with E-state index in [1.54, 1.807) is 17.8 Å². The van der Waals surface area contributed by atoms with Gasteiger partial charge in [-0.05, 0) is 86.2 Å². The molecule has 38 heavy (non-hydrogen) atoms. The van der Waals surface area contributed by atoms with Gasteiger partial charge in [-0.1, -0.05) is 58.7 Å². The van der Waals surface area contributed by atoms with Crippen LogP contribution in [0.15, 0.2) is 70.1 Å². The van der Waals surface area contributed by atoms with Crippen LogP contribution >= 0.6 is 35.0 Å². The van der Waals surface area contributed by atoms with Crippen molar-refractivity contribution in [3.63, 3.8) is 0 Å². The van der Waals surface area contributed by atoms with Gasteiger partial charge < -0.3 is 14.4 Å². The Morgan fingerprint density at radius 1 is 1.03 bits per heavy atom. The zero-order valence-electron chi connectivity index (χ0n) is 21.3. The number of aromatic nitrogens is 1. The van der Waals surface area contributed by atoms with Crippen molar-refractivity contribution in [3.05, 3.63) is 98.7 Å². The van der Waals surface area contributed by atoms with E-state index in [-0.39, 0.29) is 0 Å². The monoisotopic (exact) mass is 565 g/mol. The number of benzene rings is 3. The molecule has 0 unspecified atom stereocenters. The molecule has 2 fully saturated rings. The summed E-state index contributed by atoms with van der Waals surface area (Å²) in [5, 5.41) is 16.9.